The molecule has 1 aromatic heterocycles. The van der Waals surface area contributed by atoms with E-state index in [2.05, 4.69) is 16.8 Å². The van der Waals surface area contributed by atoms with E-state index < -0.39 is 11.9 Å². The first-order valence-corrected chi connectivity index (χ1v) is 11.3. The second-order valence-corrected chi connectivity index (χ2v) is 8.84. The number of hydrogen-bond donors (Lipinski definition) is 1. The van der Waals surface area contributed by atoms with Crippen molar-refractivity contribution >= 4 is 17.1 Å². The molecule has 0 radical (unpaired) electrons. The van der Waals surface area contributed by atoms with Gasteiger partial charge in [0.25, 0.3) is 11.8 Å². The molecule has 34 heavy (non-hydrogen) atoms. The average Bonchev–Trinajstić information content (AvgIpc) is 3.27. The van der Waals surface area contributed by atoms with Gasteiger partial charge in [0, 0.05) is 54.7 Å². The number of likely N-dealkylation sites (tertiary alicyclic amines) is 1. The van der Waals surface area contributed by atoms with Gasteiger partial charge in [-0.1, -0.05) is 12.1 Å². The van der Waals surface area contributed by atoms with Crippen LogP contribution in [0, 0.1) is 11.9 Å². The zero-order chi connectivity index (χ0) is 23.9. The molecule has 5 nitrogen and oxygen atoms in total. The number of alkyl halides is 2. The molecular weight excluding hydrogens is 443 g/mol. The molecule has 1 fully saturated rings. The van der Waals surface area contributed by atoms with Crippen molar-refractivity contribution in [1.82, 2.24) is 9.88 Å². The Labute approximate surface area is 195 Å². The first kappa shape index (κ1) is 22.4. The maximum Gasteiger partial charge on any atom is 0.253 e. The number of ether oxygens (including phenoxy) is 1. The van der Waals surface area contributed by atoms with Gasteiger partial charge in [-0.25, -0.2) is 13.8 Å². The predicted octanol–water partition coefficient (Wildman–Crippen LogP) is 4.06. The molecule has 5 rings (SSSR count). The maximum atomic E-state index is 13.4. The van der Waals surface area contributed by atoms with Crippen LogP contribution in [0.4, 0.5) is 13.2 Å². The fourth-order valence-corrected chi connectivity index (χ4v) is 4.64. The number of hydrogen-bond acceptors (Lipinski definition) is 3. The van der Waals surface area contributed by atoms with Crippen LogP contribution in [-0.2, 0) is 4.74 Å². The van der Waals surface area contributed by atoms with Crippen molar-refractivity contribution in [2.24, 2.45) is 5.92 Å². The van der Waals surface area contributed by atoms with Crippen molar-refractivity contribution in [2.45, 2.75) is 25.2 Å². The van der Waals surface area contributed by atoms with E-state index in [-0.39, 0.29) is 37.8 Å². The molecule has 176 valence electrons. The molecule has 1 saturated heterocycles. The van der Waals surface area contributed by atoms with Gasteiger partial charge in [-0.15, -0.1) is 0 Å². The Balaban J connectivity index is 1.41. The largest absolute Gasteiger partial charge is 0.459 e. The lowest BCUT2D eigenvalue weighted by molar-refractivity contribution is -0.361. The first-order valence-electron chi connectivity index (χ1n) is 11.3. The molecule has 2 aromatic rings. The second-order valence-electron chi connectivity index (χ2n) is 8.84. The fourth-order valence-electron chi connectivity index (χ4n) is 4.64. The Morgan fingerprint density at radius 3 is 2.47 bits per heavy atom. The van der Waals surface area contributed by atoms with E-state index in [0.717, 1.165) is 33.8 Å². The minimum atomic E-state index is -2.69. The summed E-state index contributed by atoms with van der Waals surface area (Å²) in [5.74, 6) is -1.82. The fraction of sp³-hybridized carbons (Fsp3) is 0.308. The lowest BCUT2D eigenvalue weighted by atomic mass is 9.83. The van der Waals surface area contributed by atoms with E-state index in [9.17, 15) is 18.0 Å². The van der Waals surface area contributed by atoms with Crippen LogP contribution in [0.15, 0.2) is 66.3 Å². The number of carbonyl (C=O) groups is 1. The van der Waals surface area contributed by atoms with Crippen LogP contribution >= 0.6 is 0 Å². The number of carbonyl (C=O) groups excluding carboxylic acids is 1. The summed E-state index contributed by atoms with van der Waals surface area (Å²) in [6.45, 7) is 0.650. The van der Waals surface area contributed by atoms with Gasteiger partial charge in [0.15, 0.2) is 5.76 Å². The number of quaternary nitrogens is 1. The molecule has 8 heteroatoms. The Hall–Kier alpha value is -3.39. The number of rotatable bonds is 4. The van der Waals surface area contributed by atoms with Crippen LogP contribution in [0.25, 0.3) is 11.1 Å². The van der Waals surface area contributed by atoms with E-state index in [1.807, 2.05) is 18.2 Å². The molecule has 0 saturated carbocycles. The van der Waals surface area contributed by atoms with Crippen molar-refractivity contribution in [3.8, 4) is 0 Å². The molecule has 1 amide bonds. The molecular formula is C26H25F3N3O2+. The van der Waals surface area contributed by atoms with Crippen molar-refractivity contribution in [2.75, 3.05) is 19.6 Å². The molecule has 0 bridgehead atoms. The monoisotopic (exact) mass is 468 g/mol. The minimum Gasteiger partial charge on any atom is -0.459 e. The van der Waals surface area contributed by atoms with Crippen LogP contribution in [0.1, 0.15) is 40.7 Å². The van der Waals surface area contributed by atoms with Gasteiger partial charge in [0.2, 0.25) is 5.95 Å². The normalized spacial score (nSPS) is 21.5. The summed E-state index contributed by atoms with van der Waals surface area (Å²) in [5, 5.41) is 0. The second kappa shape index (κ2) is 8.76. The van der Waals surface area contributed by atoms with Crippen LogP contribution < -0.4 is 5.73 Å². The number of pyridine rings is 1. The SMILES string of the molecule is [NH3+]CC1=CC2CC(c3ccc(C(=O)N4CCC(F)(F)CC4)cc3)=CC(c3ccc(F)nc3)=C2O1. The number of allylic oxidation sites excluding steroid dienone is 4. The third kappa shape index (κ3) is 4.37. The number of halogens is 3. The third-order valence-corrected chi connectivity index (χ3v) is 6.56. The molecule has 1 aromatic carbocycles. The van der Waals surface area contributed by atoms with Gasteiger partial charge in [-0.3, -0.25) is 4.79 Å². The van der Waals surface area contributed by atoms with Crippen LogP contribution in [0.2, 0.25) is 0 Å². The zero-order valence-electron chi connectivity index (χ0n) is 18.6. The molecule has 3 aliphatic rings. The summed E-state index contributed by atoms with van der Waals surface area (Å²) >= 11 is 0. The van der Waals surface area contributed by atoms with Gasteiger partial charge >= 0.3 is 0 Å². The summed E-state index contributed by atoms with van der Waals surface area (Å²) < 4.78 is 46.3. The number of benzene rings is 1. The number of amides is 1. The Kier molecular flexibility index (Phi) is 5.77. The number of aromatic nitrogens is 1. The van der Waals surface area contributed by atoms with Crippen molar-refractivity contribution in [1.29, 1.82) is 0 Å². The highest BCUT2D eigenvalue weighted by molar-refractivity contribution is 5.95. The van der Waals surface area contributed by atoms with E-state index in [4.69, 9.17) is 4.74 Å². The summed E-state index contributed by atoms with van der Waals surface area (Å²) in [6, 6.07) is 10.2. The summed E-state index contributed by atoms with van der Waals surface area (Å²) in [4.78, 5) is 18.0. The Morgan fingerprint density at radius 2 is 1.82 bits per heavy atom. The van der Waals surface area contributed by atoms with Crippen molar-refractivity contribution in [3.63, 3.8) is 0 Å². The zero-order valence-corrected chi connectivity index (χ0v) is 18.6. The molecule has 0 spiro atoms. The molecule has 1 unspecified atom stereocenters. The van der Waals surface area contributed by atoms with Crippen LogP contribution in [-0.4, -0.2) is 41.3 Å². The Morgan fingerprint density at radius 1 is 1.12 bits per heavy atom. The molecule has 2 aliphatic heterocycles. The van der Waals surface area contributed by atoms with Gasteiger partial charge < -0.3 is 15.4 Å². The molecule has 3 N–H and O–H groups in total. The first-order chi connectivity index (χ1) is 16.3. The van der Waals surface area contributed by atoms with E-state index in [1.54, 1.807) is 18.2 Å². The molecule has 3 heterocycles. The summed E-state index contributed by atoms with van der Waals surface area (Å²) in [6.07, 6.45) is 5.69. The number of piperidine rings is 1. The van der Waals surface area contributed by atoms with Crippen molar-refractivity contribution < 1.29 is 28.4 Å². The highest BCUT2D eigenvalue weighted by Gasteiger charge is 2.36. The summed E-state index contributed by atoms with van der Waals surface area (Å²) in [7, 11) is 0. The van der Waals surface area contributed by atoms with Gasteiger partial charge in [-0.05, 0) is 54.0 Å². The number of nitrogens with zero attached hydrogens (tertiary/aromatic N) is 2. The van der Waals surface area contributed by atoms with E-state index in [0.29, 0.717) is 18.5 Å². The van der Waals surface area contributed by atoms with Gasteiger partial charge in [-0.2, -0.15) is 4.39 Å². The lowest BCUT2D eigenvalue weighted by Gasteiger charge is -2.31. The summed E-state index contributed by atoms with van der Waals surface area (Å²) in [5.41, 5.74) is 7.99. The van der Waals surface area contributed by atoms with E-state index >= 15 is 0 Å². The highest BCUT2D eigenvalue weighted by atomic mass is 19.3. The van der Waals surface area contributed by atoms with E-state index in [1.165, 1.54) is 17.2 Å². The smallest absolute Gasteiger partial charge is 0.253 e. The predicted molar refractivity (Wildman–Crippen MR) is 121 cm³/mol. The maximum absolute atomic E-state index is 13.4. The topological polar surface area (TPSA) is 70.1 Å². The highest BCUT2D eigenvalue weighted by Crippen LogP contribution is 2.44. The number of fused-ring (bicyclic) bond motifs is 1. The Bertz CT molecular complexity index is 1190. The quantitative estimate of drug-likeness (QED) is 0.688. The molecule has 1 aliphatic carbocycles. The van der Waals surface area contributed by atoms with Crippen LogP contribution in [0.5, 0.6) is 0 Å². The van der Waals surface area contributed by atoms with Crippen molar-refractivity contribution in [3.05, 3.63) is 88.9 Å². The van der Waals surface area contributed by atoms with Gasteiger partial charge in [0.1, 0.15) is 12.3 Å². The molecule has 1 atom stereocenters. The third-order valence-electron chi connectivity index (χ3n) is 6.56. The van der Waals surface area contributed by atoms with Crippen LogP contribution in [0.3, 0.4) is 0 Å². The minimum absolute atomic E-state index is 0.0353. The van der Waals surface area contributed by atoms with Gasteiger partial charge in [0.05, 0.1) is 0 Å². The average molecular weight is 468 g/mol. The standard InChI is InChI=1S/C26H24F3N3O2/c27-23-6-5-18(15-31-23)22-13-19(11-20-12-21(14-30)34-24(20)22)16-1-3-17(4-2-16)25(33)32-9-7-26(28,29)8-10-32/h1-6,12-13,15,20H,7-11,14,30H2/p+1. The lowest BCUT2D eigenvalue weighted by Crippen LogP contribution is -2.51.